The van der Waals surface area contributed by atoms with Gasteiger partial charge in [0.25, 0.3) is 0 Å². The summed E-state index contributed by atoms with van der Waals surface area (Å²) in [4.78, 5) is 0. The highest BCUT2D eigenvalue weighted by Crippen LogP contribution is 2.53. The van der Waals surface area contributed by atoms with E-state index >= 15 is 0 Å². The molecular formula is C34H47O6P. The Morgan fingerprint density at radius 2 is 0.756 bits per heavy atom. The molecule has 3 aromatic carbocycles. The lowest BCUT2D eigenvalue weighted by atomic mass is 9.79. The van der Waals surface area contributed by atoms with Crippen molar-refractivity contribution < 1.29 is 28.3 Å². The zero-order valence-corrected chi connectivity index (χ0v) is 27.6. The van der Waals surface area contributed by atoms with Gasteiger partial charge in [-0.2, -0.15) is 4.57 Å². The van der Waals surface area contributed by atoms with Gasteiger partial charge >= 0.3 is 7.82 Å². The summed E-state index contributed by atoms with van der Waals surface area (Å²) in [5.74, 6) is 1.18. The minimum atomic E-state index is -4.37. The maximum Gasteiger partial charge on any atom is 0.647 e. The topological polar surface area (TPSA) is 85.2 Å². The molecule has 3 aromatic rings. The van der Waals surface area contributed by atoms with Crippen LogP contribution in [0.3, 0.4) is 0 Å². The molecule has 0 aliphatic heterocycles. The summed E-state index contributed by atoms with van der Waals surface area (Å²) in [6, 6.07) is 15.5. The smallest absolute Gasteiger partial charge is 0.507 e. The molecule has 0 atom stereocenters. The Morgan fingerprint density at radius 3 is 1.02 bits per heavy atom. The SMILES string of the molecule is CC(C)(C)c1cc(OP(=O)(Oc2ccccc2)Oc2cc(C(C)(C)C)c(O)c(C(C)(C)C)c2)cc(C(C)(C)C)c1O. The van der Waals surface area contributed by atoms with Crippen molar-refractivity contribution in [2.45, 2.75) is 105 Å². The standard InChI is InChI=1S/C34H47O6P/c1-31(2,3)25-18-23(19-26(29(25)35)32(4,5)6)39-41(37,38-22-16-14-13-15-17-22)40-24-20-27(33(7,8)9)30(36)28(21-24)34(10,11)12/h13-21,35-36H,1-12H3. The molecule has 0 aliphatic rings. The molecule has 224 valence electrons. The second kappa shape index (κ2) is 10.9. The summed E-state index contributed by atoms with van der Waals surface area (Å²) in [6.45, 7) is 23.9. The molecule has 7 heteroatoms. The molecule has 3 rings (SSSR count). The van der Waals surface area contributed by atoms with Gasteiger partial charge in [0.15, 0.2) is 0 Å². The minimum Gasteiger partial charge on any atom is -0.507 e. The first kappa shape index (κ1) is 32.4. The van der Waals surface area contributed by atoms with E-state index in [1.807, 2.05) is 89.2 Å². The molecule has 0 spiro atoms. The fraction of sp³-hybridized carbons (Fsp3) is 0.471. The Morgan fingerprint density at radius 1 is 0.488 bits per heavy atom. The van der Waals surface area contributed by atoms with Gasteiger partial charge in [-0.3, -0.25) is 0 Å². The van der Waals surface area contributed by atoms with Crippen LogP contribution in [0, 0.1) is 0 Å². The predicted octanol–water partition coefficient (Wildman–Crippen LogP) is 9.93. The van der Waals surface area contributed by atoms with Crippen molar-refractivity contribution in [1.82, 2.24) is 0 Å². The minimum absolute atomic E-state index is 0.181. The molecule has 0 fully saturated rings. The molecule has 0 amide bonds. The third kappa shape index (κ3) is 7.80. The Labute approximate surface area is 246 Å². The van der Waals surface area contributed by atoms with Gasteiger partial charge in [0, 0.05) is 22.3 Å². The van der Waals surface area contributed by atoms with Gasteiger partial charge < -0.3 is 23.8 Å². The Hall–Kier alpha value is -3.11. The normalized spacial score (nSPS) is 13.2. The molecule has 0 aromatic heterocycles. The van der Waals surface area contributed by atoms with Crippen molar-refractivity contribution in [3.8, 4) is 28.7 Å². The van der Waals surface area contributed by atoms with Gasteiger partial charge in [0.2, 0.25) is 0 Å². The summed E-state index contributed by atoms with van der Waals surface area (Å²) in [6.07, 6.45) is 0. The van der Waals surface area contributed by atoms with Crippen LogP contribution in [-0.4, -0.2) is 10.2 Å². The molecule has 0 saturated heterocycles. The van der Waals surface area contributed by atoms with E-state index in [0.717, 1.165) is 0 Å². The summed E-state index contributed by atoms with van der Waals surface area (Å²) < 4.78 is 32.8. The highest BCUT2D eigenvalue weighted by molar-refractivity contribution is 7.49. The molecule has 41 heavy (non-hydrogen) atoms. The average Bonchev–Trinajstić information content (AvgIpc) is 2.78. The third-order valence-corrected chi connectivity index (χ3v) is 8.10. The molecule has 0 heterocycles. The monoisotopic (exact) mass is 582 g/mol. The third-order valence-electron chi connectivity index (χ3n) is 6.79. The van der Waals surface area contributed by atoms with Crippen molar-refractivity contribution in [2.75, 3.05) is 0 Å². The quantitative estimate of drug-likeness (QED) is 0.281. The van der Waals surface area contributed by atoms with Gasteiger partial charge in [-0.05, 0) is 58.1 Å². The van der Waals surface area contributed by atoms with E-state index in [1.165, 1.54) is 0 Å². The molecule has 0 aliphatic carbocycles. The predicted molar refractivity (Wildman–Crippen MR) is 167 cm³/mol. The van der Waals surface area contributed by atoms with Crippen LogP contribution in [0.1, 0.15) is 105 Å². The number of phosphoric ester groups is 1. The molecule has 0 unspecified atom stereocenters. The molecule has 6 nitrogen and oxygen atoms in total. The summed E-state index contributed by atoms with van der Waals surface area (Å²) in [7, 11) is -4.37. The number of rotatable bonds is 6. The van der Waals surface area contributed by atoms with Crippen molar-refractivity contribution >= 4 is 7.82 Å². The van der Waals surface area contributed by atoms with E-state index < -0.39 is 29.5 Å². The zero-order valence-electron chi connectivity index (χ0n) is 26.7. The number of para-hydroxylation sites is 1. The van der Waals surface area contributed by atoms with E-state index in [0.29, 0.717) is 28.0 Å². The molecule has 0 bridgehead atoms. The van der Waals surface area contributed by atoms with E-state index in [2.05, 4.69) is 0 Å². The Kier molecular flexibility index (Phi) is 8.65. The van der Waals surface area contributed by atoms with Crippen LogP contribution >= 0.6 is 7.82 Å². The van der Waals surface area contributed by atoms with E-state index in [9.17, 15) is 14.8 Å². The maximum atomic E-state index is 14.5. The van der Waals surface area contributed by atoms with Crippen LogP contribution in [-0.2, 0) is 26.2 Å². The maximum absolute atomic E-state index is 14.5. The number of phenols is 2. The molecule has 2 N–H and O–H groups in total. The fourth-order valence-corrected chi connectivity index (χ4v) is 5.75. The van der Waals surface area contributed by atoms with Gasteiger partial charge in [-0.1, -0.05) is 101 Å². The van der Waals surface area contributed by atoms with E-state index in [1.54, 1.807) is 48.5 Å². The van der Waals surface area contributed by atoms with Crippen LogP contribution in [0.5, 0.6) is 28.7 Å². The zero-order chi connectivity index (χ0) is 31.2. The van der Waals surface area contributed by atoms with E-state index in [-0.39, 0.29) is 23.0 Å². The average molecular weight is 583 g/mol. The fourth-order valence-electron chi connectivity index (χ4n) is 4.53. The van der Waals surface area contributed by atoms with E-state index in [4.69, 9.17) is 13.6 Å². The first-order chi connectivity index (χ1) is 18.5. The second-order valence-electron chi connectivity index (χ2n) is 14.8. The number of hydrogen-bond acceptors (Lipinski definition) is 6. The second-order valence-corrected chi connectivity index (χ2v) is 16.2. The Bertz CT molecular complexity index is 1270. The number of benzene rings is 3. The summed E-state index contributed by atoms with van der Waals surface area (Å²) >= 11 is 0. The van der Waals surface area contributed by atoms with Gasteiger partial charge in [-0.25, -0.2) is 0 Å². The first-order valence-corrected chi connectivity index (χ1v) is 15.5. The highest BCUT2D eigenvalue weighted by Gasteiger charge is 2.37. The number of phosphoric acid groups is 1. The van der Waals surface area contributed by atoms with Crippen molar-refractivity contribution in [2.24, 2.45) is 0 Å². The largest absolute Gasteiger partial charge is 0.647 e. The lowest BCUT2D eigenvalue weighted by Crippen LogP contribution is -2.18. The van der Waals surface area contributed by atoms with Gasteiger partial charge in [0.1, 0.15) is 28.7 Å². The lowest BCUT2D eigenvalue weighted by Gasteiger charge is -2.29. The van der Waals surface area contributed by atoms with Crippen LogP contribution in [0.25, 0.3) is 0 Å². The number of hydrogen-bond donors (Lipinski definition) is 2. The summed E-state index contributed by atoms with van der Waals surface area (Å²) in [5, 5.41) is 22.4. The van der Waals surface area contributed by atoms with Gasteiger partial charge in [-0.15, -0.1) is 0 Å². The highest BCUT2D eigenvalue weighted by atomic mass is 31.2. The van der Waals surface area contributed by atoms with Gasteiger partial charge in [0.05, 0.1) is 0 Å². The van der Waals surface area contributed by atoms with Crippen LogP contribution in [0.2, 0.25) is 0 Å². The lowest BCUT2D eigenvalue weighted by molar-refractivity contribution is 0.296. The van der Waals surface area contributed by atoms with Crippen molar-refractivity contribution in [3.63, 3.8) is 0 Å². The molecular weight excluding hydrogens is 535 g/mol. The van der Waals surface area contributed by atoms with Crippen LogP contribution < -0.4 is 13.6 Å². The van der Waals surface area contributed by atoms with Crippen molar-refractivity contribution in [3.05, 3.63) is 76.9 Å². The van der Waals surface area contributed by atoms with Crippen LogP contribution in [0.15, 0.2) is 54.6 Å². The molecule has 0 saturated carbocycles. The number of aromatic hydroxyl groups is 2. The number of phenolic OH excluding ortho intramolecular Hbond substituents is 2. The first-order valence-electron chi connectivity index (χ1n) is 14.0. The molecule has 0 radical (unpaired) electrons. The van der Waals surface area contributed by atoms with Crippen LogP contribution in [0.4, 0.5) is 0 Å². The summed E-state index contributed by atoms with van der Waals surface area (Å²) in [5.41, 5.74) is 0.927. The Balaban J connectivity index is 2.23. The van der Waals surface area contributed by atoms with Crippen molar-refractivity contribution in [1.29, 1.82) is 0 Å².